The minimum absolute atomic E-state index is 0.0521. The van der Waals surface area contributed by atoms with Crippen LogP contribution in [-0.2, 0) is 0 Å². The van der Waals surface area contributed by atoms with Gasteiger partial charge in [0.05, 0.1) is 15.6 Å². The zero-order valence-electron chi connectivity index (χ0n) is 12.9. The van der Waals surface area contributed by atoms with Crippen molar-refractivity contribution < 1.29 is 9.72 Å². The van der Waals surface area contributed by atoms with Gasteiger partial charge >= 0.3 is 0 Å². The van der Waals surface area contributed by atoms with E-state index in [2.05, 4.69) is 5.32 Å². The first-order valence-corrected chi connectivity index (χ1v) is 8.03. The van der Waals surface area contributed by atoms with Crippen molar-refractivity contribution in [2.24, 2.45) is 0 Å². The predicted octanol–water partition coefficient (Wildman–Crippen LogP) is 4.10. The Morgan fingerprint density at radius 3 is 2.54 bits per heavy atom. The molecule has 0 aliphatic carbocycles. The molecule has 3 rings (SSSR count). The van der Waals surface area contributed by atoms with Crippen molar-refractivity contribution >= 4 is 34.6 Å². The number of nitrogens with one attached hydrogen (secondary N) is 1. The Balaban J connectivity index is 1.88. The van der Waals surface area contributed by atoms with Crippen molar-refractivity contribution in [3.63, 3.8) is 0 Å². The van der Waals surface area contributed by atoms with Gasteiger partial charge in [0.15, 0.2) is 0 Å². The Morgan fingerprint density at radius 2 is 1.88 bits per heavy atom. The highest BCUT2D eigenvalue weighted by Gasteiger charge is 2.24. The lowest BCUT2D eigenvalue weighted by atomic mass is 10.1. The van der Waals surface area contributed by atoms with Crippen LogP contribution in [0.1, 0.15) is 23.2 Å². The summed E-state index contributed by atoms with van der Waals surface area (Å²) in [5.74, 6) is -0.431. The van der Waals surface area contributed by atoms with Crippen LogP contribution in [0.3, 0.4) is 0 Å². The van der Waals surface area contributed by atoms with E-state index in [0.29, 0.717) is 16.4 Å². The maximum atomic E-state index is 12.4. The monoisotopic (exact) mass is 345 g/mol. The molecule has 1 saturated heterocycles. The second-order valence-corrected chi connectivity index (χ2v) is 6.00. The fraction of sp³-hybridized carbons (Fsp3) is 0.235. The van der Waals surface area contributed by atoms with Gasteiger partial charge in [-0.05, 0) is 37.1 Å². The number of hydrogen-bond acceptors (Lipinski definition) is 4. The number of benzene rings is 2. The summed E-state index contributed by atoms with van der Waals surface area (Å²) in [4.78, 5) is 25.3. The molecule has 1 aliphatic heterocycles. The molecule has 0 bridgehead atoms. The lowest BCUT2D eigenvalue weighted by Gasteiger charge is -2.17. The third kappa shape index (κ3) is 3.33. The standard InChI is InChI=1S/C17H16ClN3O3/c18-13-5-1-2-6-14(13)19-17(22)12-7-8-15(16(11-12)21(23)24)20-9-3-4-10-20/h1-2,5-8,11H,3-4,9-10H2,(H,19,22). The quantitative estimate of drug-likeness (QED) is 0.668. The number of anilines is 2. The number of para-hydroxylation sites is 1. The molecule has 0 atom stereocenters. The fourth-order valence-electron chi connectivity index (χ4n) is 2.79. The summed E-state index contributed by atoms with van der Waals surface area (Å²) >= 11 is 6.02. The van der Waals surface area contributed by atoms with Crippen molar-refractivity contribution in [3.05, 3.63) is 63.2 Å². The van der Waals surface area contributed by atoms with Crippen molar-refractivity contribution in [1.82, 2.24) is 0 Å². The summed E-state index contributed by atoms with van der Waals surface area (Å²) < 4.78 is 0. The summed E-state index contributed by atoms with van der Waals surface area (Å²) in [5, 5.41) is 14.5. The molecule has 2 aromatic carbocycles. The maximum Gasteiger partial charge on any atom is 0.293 e. The molecule has 1 aliphatic rings. The Bertz CT molecular complexity index is 788. The van der Waals surface area contributed by atoms with E-state index >= 15 is 0 Å². The van der Waals surface area contributed by atoms with Crippen LogP contribution in [0.25, 0.3) is 0 Å². The minimum Gasteiger partial charge on any atom is -0.366 e. The molecule has 0 radical (unpaired) electrons. The fourth-order valence-corrected chi connectivity index (χ4v) is 2.98. The number of nitro benzene ring substituents is 1. The largest absolute Gasteiger partial charge is 0.366 e. The lowest BCUT2D eigenvalue weighted by Crippen LogP contribution is -2.19. The normalized spacial score (nSPS) is 13.8. The number of halogens is 1. The molecule has 6 nitrogen and oxygen atoms in total. The van der Waals surface area contributed by atoms with Crippen molar-refractivity contribution in [2.75, 3.05) is 23.3 Å². The van der Waals surface area contributed by atoms with Crippen LogP contribution in [0.5, 0.6) is 0 Å². The second-order valence-electron chi connectivity index (χ2n) is 5.59. The topological polar surface area (TPSA) is 75.5 Å². The first-order valence-electron chi connectivity index (χ1n) is 7.65. The third-order valence-corrected chi connectivity index (χ3v) is 4.33. The average Bonchev–Trinajstić information content (AvgIpc) is 3.10. The summed E-state index contributed by atoms with van der Waals surface area (Å²) in [7, 11) is 0. The van der Waals surface area contributed by atoms with E-state index in [1.165, 1.54) is 6.07 Å². The van der Waals surface area contributed by atoms with Gasteiger partial charge in [0, 0.05) is 24.7 Å². The van der Waals surface area contributed by atoms with E-state index in [-0.39, 0.29) is 11.3 Å². The van der Waals surface area contributed by atoms with Crippen LogP contribution < -0.4 is 10.2 Å². The number of hydrogen-bond donors (Lipinski definition) is 1. The van der Waals surface area contributed by atoms with Gasteiger partial charge in [-0.25, -0.2) is 0 Å². The summed E-state index contributed by atoms with van der Waals surface area (Å²) in [6, 6.07) is 11.4. The van der Waals surface area contributed by atoms with Gasteiger partial charge < -0.3 is 10.2 Å². The summed E-state index contributed by atoms with van der Waals surface area (Å²) in [5.41, 5.74) is 1.20. The number of carbonyl (C=O) groups is 1. The first kappa shape index (κ1) is 16.3. The highest BCUT2D eigenvalue weighted by molar-refractivity contribution is 6.33. The summed E-state index contributed by atoms with van der Waals surface area (Å²) in [6.07, 6.45) is 2.04. The second kappa shape index (κ2) is 6.88. The predicted molar refractivity (Wildman–Crippen MR) is 93.9 cm³/mol. The number of carbonyl (C=O) groups excluding carboxylic acids is 1. The van der Waals surface area contributed by atoms with E-state index < -0.39 is 10.8 Å². The zero-order chi connectivity index (χ0) is 17.1. The van der Waals surface area contributed by atoms with E-state index in [1.807, 2.05) is 4.90 Å². The molecule has 0 spiro atoms. The molecule has 0 saturated carbocycles. The molecule has 1 N–H and O–H groups in total. The Morgan fingerprint density at radius 1 is 1.17 bits per heavy atom. The van der Waals surface area contributed by atoms with Crippen molar-refractivity contribution in [2.45, 2.75) is 12.8 Å². The average molecular weight is 346 g/mol. The van der Waals surface area contributed by atoms with E-state index in [1.54, 1.807) is 36.4 Å². The molecule has 2 aromatic rings. The molecule has 0 aromatic heterocycles. The molecule has 0 unspecified atom stereocenters. The highest BCUT2D eigenvalue weighted by atomic mass is 35.5. The van der Waals surface area contributed by atoms with Gasteiger partial charge in [0.25, 0.3) is 11.6 Å². The van der Waals surface area contributed by atoms with Gasteiger partial charge in [-0.2, -0.15) is 0 Å². The number of rotatable bonds is 4. The van der Waals surface area contributed by atoms with Crippen molar-refractivity contribution in [3.8, 4) is 0 Å². The van der Waals surface area contributed by atoms with Crippen LogP contribution >= 0.6 is 11.6 Å². The highest BCUT2D eigenvalue weighted by Crippen LogP contribution is 2.32. The Labute approximate surface area is 144 Å². The molecule has 1 heterocycles. The van der Waals surface area contributed by atoms with Crippen LogP contribution in [0.15, 0.2) is 42.5 Å². The lowest BCUT2D eigenvalue weighted by molar-refractivity contribution is -0.384. The van der Waals surface area contributed by atoms with Crippen LogP contribution in [0.4, 0.5) is 17.1 Å². The van der Waals surface area contributed by atoms with Gasteiger partial charge in [-0.3, -0.25) is 14.9 Å². The van der Waals surface area contributed by atoms with Crippen LogP contribution in [0, 0.1) is 10.1 Å². The number of nitrogens with zero attached hydrogens (tertiary/aromatic N) is 2. The van der Waals surface area contributed by atoms with Crippen LogP contribution in [-0.4, -0.2) is 23.9 Å². The smallest absolute Gasteiger partial charge is 0.293 e. The van der Waals surface area contributed by atoms with E-state index in [4.69, 9.17) is 11.6 Å². The SMILES string of the molecule is O=C(Nc1ccccc1Cl)c1ccc(N2CCCC2)c([N+](=O)[O-])c1. The zero-order valence-corrected chi connectivity index (χ0v) is 13.6. The number of amides is 1. The molecule has 1 fully saturated rings. The summed E-state index contributed by atoms with van der Waals surface area (Å²) in [6.45, 7) is 1.60. The molecular weight excluding hydrogens is 330 g/mol. The maximum absolute atomic E-state index is 12.4. The first-order chi connectivity index (χ1) is 11.6. The molecule has 7 heteroatoms. The molecular formula is C17H16ClN3O3. The van der Waals surface area contributed by atoms with Gasteiger partial charge in [-0.1, -0.05) is 23.7 Å². The molecule has 124 valence electrons. The van der Waals surface area contributed by atoms with Gasteiger partial charge in [-0.15, -0.1) is 0 Å². The van der Waals surface area contributed by atoms with Gasteiger partial charge in [0.2, 0.25) is 0 Å². The van der Waals surface area contributed by atoms with Crippen LogP contribution in [0.2, 0.25) is 5.02 Å². The van der Waals surface area contributed by atoms with E-state index in [0.717, 1.165) is 25.9 Å². The third-order valence-electron chi connectivity index (χ3n) is 4.00. The number of nitro groups is 1. The molecule has 1 amide bonds. The Kier molecular flexibility index (Phi) is 4.66. The Hall–Kier alpha value is -2.60. The van der Waals surface area contributed by atoms with Crippen molar-refractivity contribution in [1.29, 1.82) is 0 Å². The molecule has 24 heavy (non-hydrogen) atoms. The minimum atomic E-state index is -0.445. The van der Waals surface area contributed by atoms with E-state index in [9.17, 15) is 14.9 Å². The van der Waals surface area contributed by atoms with Gasteiger partial charge in [0.1, 0.15) is 5.69 Å².